The van der Waals surface area contributed by atoms with Gasteiger partial charge in [-0.2, -0.15) is 0 Å². The molecule has 0 atom stereocenters. The normalized spacial score (nSPS) is 11.1. The number of fused-ring (bicyclic) bond motifs is 1. The molecule has 146 valence electrons. The Kier molecular flexibility index (Phi) is 4.32. The molecule has 30 heavy (non-hydrogen) atoms. The van der Waals surface area contributed by atoms with Crippen molar-refractivity contribution in [2.75, 3.05) is 5.73 Å². The number of hydrogen-bond donors (Lipinski definition) is 1. The van der Waals surface area contributed by atoms with Crippen LogP contribution >= 0.6 is 0 Å². The average molecular weight is 390 g/mol. The molecule has 2 N–H and O–H groups in total. The third-order valence-corrected chi connectivity index (χ3v) is 5.44. The Bertz CT molecular complexity index is 1350. The number of benzene rings is 3. The summed E-state index contributed by atoms with van der Waals surface area (Å²) in [4.78, 5) is 9.65. The Hall–Kier alpha value is -3.92. The second kappa shape index (κ2) is 7.16. The molecule has 0 amide bonds. The van der Waals surface area contributed by atoms with Gasteiger partial charge in [0, 0.05) is 18.2 Å². The van der Waals surface area contributed by atoms with Crippen molar-refractivity contribution in [3.05, 3.63) is 90.5 Å². The van der Waals surface area contributed by atoms with Crippen LogP contribution in [0.5, 0.6) is 0 Å². The van der Waals surface area contributed by atoms with Crippen LogP contribution in [0.15, 0.2) is 84.9 Å². The molecule has 0 radical (unpaired) electrons. The average Bonchev–Trinajstić information content (AvgIpc) is 3.08. The summed E-state index contributed by atoms with van der Waals surface area (Å²) in [5.41, 5.74) is 13.9. The maximum absolute atomic E-state index is 6.57. The first kappa shape index (κ1) is 18.1. The second-order valence-corrected chi connectivity index (χ2v) is 7.52. The van der Waals surface area contributed by atoms with Crippen LogP contribution in [0.2, 0.25) is 0 Å². The van der Waals surface area contributed by atoms with Crippen LogP contribution in [-0.4, -0.2) is 14.5 Å². The van der Waals surface area contributed by atoms with Crippen molar-refractivity contribution >= 4 is 16.9 Å². The quantitative estimate of drug-likeness (QED) is 0.420. The lowest BCUT2D eigenvalue weighted by atomic mass is 9.99. The molecule has 2 heterocycles. The van der Waals surface area contributed by atoms with E-state index in [2.05, 4.69) is 60.0 Å². The zero-order valence-electron chi connectivity index (χ0n) is 17.0. The Morgan fingerprint density at radius 3 is 2.03 bits per heavy atom. The molecule has 4 nitrogen and oxygen atoms in total. The molecule has 5 aromatic rings. The van der Waals surface area contributed by atoms with Crippen molar-refractivity contribution in [3.63, 3.8) is 0 Å². The minimum atomic E-state index is 0.494. The first-order chi connectivity index (χ1) is 14.6. The Morgan fingerprint density at radius 2 is 1.37 bits per heavy atom. The first-order valence-corrected chi connectivity index (χ1v) is 9.97. The van der Waals surface area contributed by atoms with E-state index in [1.807, 2.05) is 43.4 Å². The van der Waals surface area contributed by atoms with E-state index in [1.165, 1.54) is 0 Å². The smallest absolute Gasteiger partial charge is 0.163 e. The SMILES string of the molecule is Cc1cccc(-c2nc(N)c3c(-c4ccccc4)c(-c4ccccc4)n(C)c3n2)c1. The Labute approximate surface area is 175 Å². The van der Waals surface area contributed by atoms with Crippen LogP contribution in [0.1, 0.15) is 5.56 Å². The van der Waals surface area contributed by atoms with Gasteiger partial charge in [-0.3, -0.25) is 0 Å². The van der Waals surface area contributed by atoms with Crippen molar-refractivity contribution in [2.24, 2.45) is 7.05 Å². The summed E-state index contributed by atoms with van der Waals surface area (Å²) in [5, 5.41) is 0.888. The zero-order valence-corrected chi connectivity index (χ0v) is 17.0. The maximum atomic E-state index is 6.57. The fourth-order valence-electron chi connectivity index (χ4n) is 4.07. The standard InChI is InChI=1S/C26H22N4/c1-17-10-9-15-20(16-17)25-28-24(27)22-21(18-11-5-3-6-12-18)23(30(2)26(22)29-25)19-13-7-4-8-14-19/h3-16H,1-2H3,(H2,27,28,29). The van der Waals surface area contributed by atoms with E-state index in [0.29, 0.717) is 11.6 Å². The van der Waals surface area contributed by atoms with Crippen LogP contribution in [0.4, 0.5) is 5.82 Å². The Morgan fingerprint density at radius 1 is 0.733 bits per heavy atom. The van der Waals surface area contributed by atoms with E-state index in [-0.39, 0.29) is 0 Å². The lowest BCUT2D eigenvalue weighted by molar-refractivity contribution is 0.954. The second-order valence-electron chi connectivity index (χ2n) is 7.52. The van der Waals surface area contributed by atoms with Gasteiger partial charge in [0.2, 0.25) is 0 Å². The molecule has 0 saturated carbocycles. The number of nitrogens with zero attached hydrogens (tertiary/aromatic N) is 3. The predicted octanol–water partition coefficient (Wildman–Crippen LogP) is 5.86. The third-order valence-electron chi connectivity index (χ3n) is 5.44. The molecule has 0 bridgehead atoms. The molecule has 0 fully saturated rings. The van der Waals surface area contributed by atoms with E-state index in [0.717, 1.165) is 44.5 Å². The molecule has 5 rings (SSSR count). The molecule has 0 aliphatic heterocycles. The van der Waals surface area contributed by atoms with Gasteiger partial charge in [0.1, 0.15) is 11.5 Å². The highest BCUT2D eigenvalue weighted by atomic mass is 15.1. The first-order valence-electron chi connectivity index (χ1n) is 9.97. The van der Waals surface area contributed by atoms with Gasteiger partial charge in [0.05, 0.1) is 11.1 Å². The minimum Gasteiger partial charge on any atom is -0.383 e. The van der Waals surface area contributed by atoms with E-state index in [9.17, 15) is 0 Å². The lowest BCUT2D eigenvalue weighted by Gasteiger charge is -2.08. The van der Waals surface area contributed by atoms with Crippen molar-refractivity contribution in [1.29, 1.82) is 0 Å². The summed E-state index contributed by atoms with van der Waals surface area (Å²) in [5.74, 6) is 1.14. The number of nitrogens with two attached hydrogens (primary N) is 1. The fourth-order valence-corrected chi connectivity index (χ4v) is 4.07. The van der Waals surface area contributed by atoms with Crippen molar-refractivity contribution < 1.29 is 0 Å². The van der Waals surface area contributed by atoms with Crippen LogP contribution in [0.25, 0.3) is 44.8 Å². The molecule has 3 aromatic carbocycles. The van der Waals surface area contributed by atoms with E-state index < -0.39 is 0 Å². The monoisotopic (exact) mass is 390 g/mol. The van der Waals surface area contributed by atoms with Gasteiger partial charge in [-0.25, -0.2) is 9.97 Å². The topological polar surface area (TPSA) is 56.7 Å². The van der Waals surface area contributed by atoms with Crippen molar-refractivity contribution in [3.8, 4) is 33.8 Å². The predicted molar refractivity (Wildman–Crippen MR) is 124 cm³/mol. The molecular weight excluding hydrogens is 368 g/mol. The van der Waals surface area contributed by atoms with Gasteiger partial charge in [-0.15, -0.1) is 0 Å². The summed E-state index contributed by atoms with van der Waals surface area (Å²) < 4.78 is 2.13. The number of aryl methyl sites for hydroxylation is 2. The summed E-state index contributed by atoms with van der Waals surface area (Å²) in [6, 6.07) is 28.9. The van der Waals surface area contributed by atoms with Crippen LogP contribution < -0.4 is 5.73 Å². The van der Waals surface area contributed by atoms with Gasteiger partial charge < -0.3 is 10.3 Å². The maximum Gasteiger partial charge on any atom is 0.163 e. The summed E-state index contributed by atoms with van der Waals surface area (Å²) in [7, 11) is 2.05. The number of nitrogen functional groups attached to an aromatic ring is 1. The fraction of sp³-hybridized carbons (Fsp3) is 0.0769. The summed E-state index contributed by atoms with van der Waals surface area (Å²) in [6.45, 7) is 2.06. The highest BCUT2D eigenvalue weighted by Gasteiger charge is 2.22. The highest BCUT2D eigenvalue weighted by Crippen LogP contribution is 2.42. The Balaban J connectivity index is 1.87. The molecule has 0 spiro atoms. The highest BCUT2D eigenvalue weighted by molar-refractivity contribution is 6.08. The number of rotatable bonds is 3. The number of hydrogen-bond acceptors (Lipinski definition) is 3. The molecule has 0 aliphatic rings. The molecular formula is C26H22N4. The van der Waals surface area contributed by atoms with Gasteiger partial charge in [0.25, 0.3) is 0 Å². The summed E-state index contributed by atoms with van der Waals surface area (Å²) in [6.07, 6.45) is 0. The zero-order chi connectivity index (χ0) is 20.7. The lowest BCUT2D eigenvalue weighted by Crippen LogP contribution is -2.00. The molecule has 0 saturated heterocycles. The van der Waals surface area contributed by atoms with Gasteiger partial charge in [-0.1, -0.05) is 84.4 Å². The van der Waals surface area contributed by atoms with Gasteiger partial charge >= 0.3 is 0 Å². The minimum absolute atomic E-state index is 0.494. The van der Waals surface area contributed by atoms with E-state index >= 15 is 0 Å². The number of anilines is 1. The largest absolute Gasteiger partial charge is 0.383 e. The van der Waals surface area contributed by atoms with Gasteiger partial charge in [0.15, 0.2) is 5.82 Å². The summed E-state index contributed by atoms with van der Waals surface area (Å²) >= 11 is 0. The number of aromatic nitrogens is 3. The van der Waals surface area contributed by atoms with Crippen molar-refractivity contribution in [1.82, 2.24) is 14.5 Å². The third kappa shape index (κ3) is 2.94. The van der Waals surface area contributed by atoms with Crippen molar-refractivity contribution in [2.45, 2.75) is 6.92 Å². The van der Waals surface area contributed by atoms with Crippen LogP contribution in [0, 0.1) is 6.92 Å². The van der Waals surface area contributed by atoms with E-state index in [4.69, 9.17) is 15.7 Å². The molecule has 0 unspecified atom stereocenters. The molecule has 2 aromatic heterocycles. The van der Waals surface area contributed by atoms with Crippen LogP contribution in [-0.2, 0) is 7.05 Å². The van der Waals surface area contributed by atoms with Gasteiger partial charge in [-0.05, 0) is 24.1 Å². The molecule has 4 heteroatoms. The van der Waals surface area contributed by atoms with Crippen LogP contribution in [0.3, 0.4) is 0 Å². The molecule has 0 aliphatic carbocycles. The van der Waals surface area contributed by atoms with E-state index in [1.54, 1.807) is 0 Å².